The molecule has 0 N–H and O–H groups in total. The molecular weight excluding hydrogens is 577 g/mol. The van der Waals surface area contributed by atoms with Gasteiger partial charge in [-0.25, -0.2) is 0 Å². The lowest BCUT2D eigenvalue weighted by Crippen LogP contribution is -2.51. The molecule has 0 radical (unpaired) electrons. The Morgan fingerprint density at radius 2 is 1.15 bits per heavy atom. The molecule has 8 aliphatic carbocycles. The van der Waals surface area contributed by atoms with Crippen LogP contribution < -0.4 is 0 Å². The Bertz CT molecular complexity index is 1250. The fourth-order valence-corrected chi connectivity index (χ4v) is 17.2. The van der Waals surface area contributed by atoms with Gasteiger partial charge in [-0.05, 0) is 202 Å². The predicted octanol–water partition coefficient (Wildman–Crippen LogP) is 14.2. The first kappa shape index (κ1) is 34.6. The Morgan fingerprint density at radius 1 is 0.625 bits per heavy atom. The number of allylic oxidation sites excluding steroid dienone is 4. The molecule has 6 saturated carbocycles. The van der Waals surface area contributed by atoms with Crippen molar-refractivity contribution in [3.63, 3.8) is 0 Å². The first-order valence-electron chi connectivity index (χ1n) is 22.3. The van der Waals surface area contributed by atoms with Gasteiger partial charge in [0.25, 0.3) is 0 Å². The lowest BCUT2D eigenvalue weighted by atomic mass is 9.46. The molecule has 0 heterocycles. The fourth-order valence-electron chi connectivity index (χ4n) is 17.2. The molecule has 8 rings (SSSR count). The van der Waals surface area contributed by atoms with Crippen LogP contribution in [0.25, 0.3) is 0 Å². The number of hydrogen-bond acceptors (Lipinski definition) is 0. The summed E-state index contributed by atoms with van der Waals surface area (Å²) < 4.78 is 0. The Kier molecular flexibility index (Phi) is 9.05. The topological polar surface area (TPSA) is 0 Å². The summed E-state index contributed by atoms with van der Waals surface area (Å²) in [5.41, 5.74) is 6.06. The molecule has 0 heteroatoms. The molecule has 0 aromatic rings. The highest BCUT2D eigenvalue weighted by molar-refractivity contribution is 5.26. The van der Waals surface area contributed by atoms with Crippen LogP contribution in [-0.4, -0.2) is 0 Å². The summed E-state index contributed by atoms with van der Waals surface area (Å²) in [6, 6.07) is 0. The Labute approximate surface area is 298 Å². The van der Waals surface area contributed by atoms with E-state index in [2.05, 4.69) is 67.5 Å². The Hall–Kier alpha value is -0.520. The molecule has 0 aromatic carbocycles. The van der Waals surface area contributed by atoms with Crippen LogP contribution in [-0.2, 0) is 0 Å². The van der Waals surface area contributed by atoms with Crippen molar-refractivity contribution in [2.24, 2.45) is 92.7 Å². The third kappa shape index (κ3) is 5.21. The Balaban J connectivity index is 0.929. The maximum atomic E-state index is 2.84. The molecule has 6 fully saturated rings. The molecule has 0 spiro atoms. The second kappa shape index (κ2) is 12.6. The number of fused-ring (bicyclic) bond motifs is 10. The maximum absolute atomic E-state index is 2.84. The van der Waals surface area contributed by atoms with Gasteiger partial charge in [0.1, 0.15) is 0 Å². The van der Waals surface area contributed by atoms with E-state index >= 15 is 0 Å². The highest BCUT2D eigenvalue weighted by atomic mass is 14.7. The van der Waals surface area contributed by atoms with Crippen molar-refractivity contribution in [1.29, 1.82) is 0 Å². The van der Waals surface area contributed by atoms with Crippen molar-refractivity contribution >= 4 is 0 Å². The molecule has 0 saturated heterocycles. The summed E-state index contributed by atoms with van der Waals surface area (Å²) in [4.78, 5) is 0. The fraction of sp³-hybridized carbons (Fsp3) is 0.917. The highest BCUT2D eigenvalue weighted by Gasteiger charge is 2.61. The molecule has 0 aromatic heterocycles. The van der Waals surface area contributed by atoms with Gasteiger partial charge < -0.3 is 0 Å². The van der Waals surface area contributed by atoms with E-state index in [1.165, 1.54) is 122 Å². The average Bonchev–Trinajstić information content (AvgIpc) is 3.61. The Morgan fingerprint density at radius 3 is 1.69 bits per heavy atom. The molecule has 48 heavy (non-hydrogen) atoms. The predicted molar refractivity (Wildman–Crippen MR) is 206 cm³/mol. The minimum atomic E-state index is 0.529. The van der Waals surface area contributed by atoms with Crippen molar-refractivity contribution in [3.8, 4) is 0 Å². The zero-order chi connectivity index (χ0) is 33.6. The molecule has 16 atom stereocenters. The van der Waals surface area contributed by atoms with E-state index in [4.69, 9.17) is 0 Å². The summed E-state index contributed by atoms with van der Waals surface area (Å²) in [5, 5.41) is 0. The SMILES string of the molecule is CCCC[C@H]1CCC2(C)C(=CC[C@@H]3C2CCC2(C)C([C@H](C)C[C@@H](C)C4CC[C@H]5[C@@H]6CC=C7C[C@@H](C)CCC7(C)C6CCC45C)CC[C@@H]32)C1. The second-order valence-corrected chi connectivity index (χ2v) is 21.8. The lowest BCUT2D eigenvalue weighted by molar-refractivity contribution is -0.0618. The lowest BCUT2D eigenvalue weighted by Gasteiger charge is -2.59. The zero-order valence-corrected chi connectivity index (χ0v) is 33.2. The third-order valence-electron chi connectivity index (χ3n) is 19.8. The summed E-state index contributed by atoms with van der Waals surface area (Å²) in [5.74, 6) is 11.5. The summed E-state index contributed by atoms with van der Waals surface area (Å²) in [7, 11) is 0. The van der Waals surface area contributed by atoms with Gasteiger partial charge in [0.2, 0.25) is 0 Å². The van der Waals surface area contributed by atoms with Crippen LogP contribution >= 0.6 is 0 Å². The molecule has 0 aliphatic heterocycles. The van der Waals surface area contributed by atoms with Gasteiger partial charge in [0.15, 0.2) is 0 Å². The summed E-state index contributed by atoms with van der Waals surface area (Å²) in [6.07, 6.45) is 35.3. The van der Waals surface area contributed by atoms with Gasteiger partial charge in [0.05, 0.1) is 0 Å². The van der Waals surface area contributed by atoms with Crippen LogP contribution in [0.3, 0.4) is 0 Å². The molecule has 8 aliphatic rings. The third-order valence-corrected chi connectivity index (χ3v) is 19.8. The number of unbranched alkanes of at least 4 members (excludes halogenated alkanes) is 1. The maximum Gasteiger partial charge on any atom is -0.00851 e. The second-order valence-electron chi connectivity index (χ2n) is 21.8. The van der Waals surface area contributed by atoms with E-state index in [0.29, 0.717) is 21.7 Å². The normalized spacial score (nSPS) is 52.4. The van der Waals surface area contributed by atoms with Gasteiger partial charge in [0, 0.05) is 0 Å². The van der Waals surface area contributed by atoms with Gasteiger partial charge in [-0.3, -0.25) is 0 Å². The molecule has 0 bridgehead atoms. The van der Waals surface area contributed by atoms with Crippen LogP contribution in [0.1, 0.15) is 184 Å². The van der Waals surface area contributed by atoms with Gasteiger partial charge in [-0.1, -0.05) is 98.0 Å². The summed E-state index contributed by atoms with van der Waals surface area (Å²) >= 11 is 0. The minimum Gasteiger partial charge on any atom is -0.0845 e. The van der Waals surface area contributed by atoms with E-state index in [1.807, 2.05) is 11.1 Å². The summed E-state index contributed by atoms with van der Waals surface area (Å²) in [6.45, 7) is 21.5. The highest BCUT2D eigenvalue weighted by Crippen LogP contribution is 2.70. The van der Waals surface area contributed by atoms with Crippen LogP contribution in [0.2, 0.25) is 0 Å². The van der Waals surface area contributed by atoms with Crippen molar-refractivity contribution in [2.45, 2.75) is 184 Å². The first-order valence-corrected chi connectivity index (χ1v) is 22.3. The van der Waals surface area contributed by atoms with Gasteiger partial charge in [-0.2, -0.15) is 0 Å². The number of hydrogen-bond donors (Lipinski definition) is 0. The average molecular weight is 655 g/mol. The van der Waals surface area contributed by atoms with E-state index in [9.17, 15) is 0 Å². The van der Waals surface area contributed by atoms with Crippen molar-refractivity contribution in [1.82, 2.24) is 0 Å². The van der Waals surface area contributed by atoms with Crippen LogP contribution in [0.15, 0.2) is 23.3 Å². The number of rotatable bonds is 7. The molecular formula is C48H78. The molecule has 0 nitrogen and oxygen atoms in total. The van der Waals surface area contributed by atoms with Crippen molar-refractivity contribution in [2.75, 3.05) is 0 Å². The first-order chi connectivity index (χ1) is 22.9. The smallest absolute Gasteiger partial charge is 0.00851 e. The van der Waals surface area contributed by atoms with Crippen molar-refractivity contribution < 1.29 is 0 Å². The zero-order valence-electron chi connectivity index (χ0n) is 33.2. The van der Waals surface area contributed by atoms with E-state index < -0.39 is 0 Å². The minimum absolute atomic E-state index is 0.529. The van der Waals surface area contributed by atoms with Crippen LogP contribution in [0, 0.1) is 92.7 Å². The van der Waals surface area contributed by atoms with E-state index in [1.54, 1.807) is 6.42 Å². The monoisotopic (exact) mass is 655 g/mol. The molecule has 270 valence electrons. The van der Waals surface area contributed by atoms with Gasteiger partial charge in [-0.15, -0.1) is 0 Å². The quantitative estimate of drug-likeness (QED) is 0.240. The molecule has 8 unspecified atom stereocenters. The largest absolute Gasteiger partial charge is 0.0845 e. The molecule has 0 amide bonds. The van der Waals surface area contributed by atoms with Gasteiger partial charge >= 0.3 is 0 Å². The van der Waals surface area contributed by atoms with E-state index in [-0.39, 0.29) is 0 Å². The standard InChI is InChI=1S/C48H78/c1-9-10-11-34-21-25-46(6)36(30-34)13-15-38-42-19-17-40(48(42,8)27-23-44(38)46)33(4)29-32(3)39-16-18-41-37-14-12-35-28-31(2)20-24-45(35,5)43(37)22-26-47(39,41)7/h12-13,31-34,37-44H,9-11,14-30H2,1-8H3/t31-,32+,33+,34-,37-,38-,39?,40?,41-,42-,43?,44?,45?,46?,47?,48?/m0/s1. The van der Waals surface area contributed by atoms with E-state index in [0.717, 1.165) is 71.0 Å². The van der Waals surface area contributed by atoms with Crippen molar-refractivity contribution in [3.05, 3.63) is 23.3 Å². The van der Waals surface area contributed by atoms with Crippen LogP contribution in [0.4, 0.5) is 0 Å². The van der Waals surface area contributed by atoms with Crippen LogP contribution in [0.5, 0.6) is 0 Å².